The van der Waals surface area contributed by atoms with E-state index in [1.807, 2.05) is 35.0 Å². The van der Waals surface area contributed by atoms with Crippen LogP contribution in [0.25, 0.3) is 16.2 Å². The molecule has 4 heterocycles. The van der Waals surface area contributed by atoms with Crippen LogP contribution in [0.15, 0.2) is 30.5 Å². The van der Waals surface area contributed by atoms with Crippen LogP contribution in [-0.4, -0.2) is 58.7 Å². The predicted molar refractivity (Wildman–Crippen MR) is 118 cm³/mol. The maximum absolute atomic E-state index is 13.0. The summed E-state index contributed by atoms with van der Waals surface area (Å²) in [6.45, 7) is 3.56. The third-order valence-electron chi connectivity index (χ3n) is 6.13. The Balaban J connectivity index is 1.30. The van der Waals surface area contributed by atoms with E-state index in [1.165, 1.54) is 6.42 Å². The topological polar surface area (TPSA) is 63.0 Å². The third kappa shape index (κ3) is 3.76. The van der Waals surface area contributed by atoms with Crippen LogP contribution in [0, 0.1) is 5.92 Å². The summed E-state index contributed by atoms with van der Waals surface area (Å²) in [6, 6.07) is 7.89. The fourth-order valence-corrected chi connectivity index (χ4v) is 5.36. The molecule has 7 nitrogen and oxygen atoms in total. The van der Waals surface area contributed by atoms with E-state index < -0.39 is 0 Å². The van der Waals surface area contributed by atoms with Gasteiger partial charge in [-0.3, -0.25) is 4.79 Å². The van der Waals surface area contributed by atoms with Gasteiger partial charge in [-0.25, -0.2) is 9.50 Å². The minimum Gasteiger partial charge on any atom is -0.497 e. The fourth-order valence-electron chi connectivity index (χ4n) is 4.44. The van der Waals surface area contributed by atoms with E-state index in [1.54, 1.807) is 18.4 Å². The first-order chi connectivity index (χ1) is 14.7. The monoisotopic (exact) mass is 425 g/mol. The van der Waals surface area contributed by atoms with Crippen LogP contribution in [0.3, 0.4) is 0 Å². The lowest BCUT2D eigenvalue weighted by atomic mass is 9.96. The van der Waals surface area contributed by atoms with Crippen LogP contribution in [-0.2, 0) is 4.79 Å². The largest absolute Gasteiger partial charge is 0.497 e. The molecule has 1 aromatic carbocycles. The number of benzene rings is 1. The van der Waals surface area contributed by atoms with E-state index in [0.717, 1.165) is 79.0 Å². The number of fused-ring (bicyclic) bond motifs is 1. The number of aromatic nitrogens is 3. The Morgan fingerprint density at radius 1 is 1.10 bits per heavy atom. The van der Waals surface area contributed by atoms with Crippen molar-refractivity contribution in [2.24, 2.45) is 5.92 Å². The van der Waals surface area contributed by atoms with Gasteiger partial charge in [0.2, 0.25) is 16.0 Å². The Bertz CT molecular complexity index is 991. The quantitative estimate of drug-likeness (QED) is 0.638. The molecule has 1 unspecified atom stereocenters. The lowest BCUT2D eigenvalue weighted by Crippen LogP contribution is -2.46. The van der Waals surface area contributed by atoms with Gasteiger partial charge in [0.1, 0.15) is 5.75 Å². The SMILES string of the molecule is COc1ccc(-c2cn3nc(N4CCCC(C(=O)N5CCCCC5)C4)sc3n2)cc1. The van der Waals surface area contributed by atoms with E-state index in [0.29, 0.717) is 5.91 Å². The Kier molecular flexibility index (Phi) is 5.33. The second-order valence-electron chi connectivity index (χ2n) is 8.14. The van der Waals surface area contributed by atoms with Gasteiger partial charge in [-0.05, 0) is 56.4 Å². The lowest BCUT2D eigenvalue weighted by Gasteiger charge is -2.36. The molecule has 5 rings (SSSR count). The molecule has 3 aromatic rings. The standard InChI is InChI=1S/C22H27N5O2S/c1-29-18-9-7-16(8-10-18)19-15-27-21(23-19)30-22(24-27)26-13-5-6-17(14-26)20(28)25-11-3-2-4-12-25/h7-10,15,17H,2-6,11-14H2,1H3. The first-order valence-electron chi connectivity index (χ1n) is 10.8. The van der Waals surface area contributed by atoms with Crippen molar-refractivity contribution in [1.82, 2.24) is 19.5 Å². The van der Waals surface area contributed by atoms with Crippen LogP contribution in [0.1, 0.15) is 32.1 Å². The van der Waals surface area contributed by atoms with Crippen LogP contribution < -0.4 is 9.64 Å². The molecule has 1 atom stereocenters. The molecule has 2 aromatic heterocycles. The zero-order valence-corrected chi connectivity index (χ0v) is 18.1. The van der Waals surface area contributed by atoms with Gasteiger partial charge >= 0.3 is 0 Å². The number of hydrogen-bond donors (Lipinski definition) is 0. The molecule has 2 fully saturated rings. The van der Waals surface area contributed by atoms with Gasteiger partial charge in [-0.2, -0.15) is 0 Å². The van der Waals surface area contributed by atoms with E-state index in [-0.39, 0.29) is 5.92 Å². The first kappa shape index (κ1) is 19.4. The van der Waals surface area contributed by atoms with Gasteiger partial charge in [-0.1, -0.05) is 11.3 Å². The number of hydrogen-bond acceptors (Lipinski definition) is 6. The van der Waals surface area contributed by atoms with Crippen molar-refractivity contribution < 1.29 is 9.53 Å². The average molecular weight is 426 g/mol. The van der Waals surface area contributed by atoms with Crippen LogP contribution in [0.2, 0.25) is 0 Å². The molecule has 30 heavy (non-hydrogen) atoms. The van der Waals surface area contributed by atoms with Crippen molar-refractivity contribution in [1.29, 1.82) is 0 Å². The highest BCUT2D eigenvalue weighted by Gasteiger charge is 2.31. The number of likely N-dealkylation sites (tertiary alicyclic amines) is 1. The minimum absolute atomic E-state index is 0.0860. The molecule has 2 saturated heterocycles. The molecular formula is C22H27N5O2S. The summed E-state index contributed by atoms with van der Waals surface area (Å²) in [6.07, 6.45) is 7.51. The Hall–Kier alpha value is -2.61. The van der Waals surface area contributed by atoms with Gasteiger partial charge < -0.3 is 14.5 Å². The smallest absolute Gasteiger partial charge is 0.227 e. The number of anilines is 1. The summed E-state index contributed by atoms with van der Waals surface area (Å²) < 4.78 is 7.08. The van der Waals surface area contributed by atoms with Crippen LogP contribution >= 0.6 is 11.3 Å². The van der Waals surface area contributed by atoms with Crippen molar-refractivity contribution in [3.8, 4) is 17.0 Å². The molecule has 2 aliphatic heterocycles. The maximum Gasteiger partial charge on any atom is 0.227 e. The highest BCUT2D eigenvalue weighted by Crippen LogP contribution is 2.31. The summed E-state index contributed by atoms with van der Waals surface area (Å²) in [4.78, 5) is 22.9. The minimum atomic E-state index is 0.0860. The Morgan fingerprint density at radius 3 is 2.63 bits per heavy atom. The van der Waals surface area contributed by atoms with E-state index >= 15 is 0 Å². The summed E-state index contributed by atoms with van der Waals surface area (Å²) in [5.74, 6) is 1.25. The second-order valence-corrected chi connectivity index (χ2v) is 9.07. The van der Waals surface area contributed by atoms with Gasteiger partial charge in [0.15, 0.2) is 0 Å². The number of rotatable bonds is 4. The number of nitrogens with zero attached hydrogens (tertiary/aromatic N) is 5. The number of carbonyl (C=O) groups is 1. The molecule has 158 valence electrons. The second kappa shape index (κ2) is 8.26. The summed E-state index contributed by atoms with van der Waals surface area (Å²) in [7, 11) is 1.66. The first-order valence-corrected chi connectivity index (χ1v) is 11.6. The zero-order chi connectivity index (χ0) is 20.5. The molecule has 1 amide bonds. The number of carbonyl (C=O) groups excluding carboxylic acids is 1. The van der Waals surface area contributed by atoms with Crippen molar-refractivity contribution >= 4 is 27.3 Å². The molecule has 0 spiro atoms. The highest BCUT2D eigenvalue weighted by atomic mass is 32.1. The van der Waals surface area contributed by atoms with Gasteiger partial charge in [0, 0.05) is 31.7 Å². The molecule has 0 aliphatic carbocycles. The normalized spacial score (nSPS) is 20.0. The Labute approximate surface area is 180 Å². The van der Waals surface area contributed by atoms with Crippen molar-refractivity contribution in [2.45, 2.75) is 32.1 Å². The van der Waals surface area contributed by atoms with Crippen LogP contribution in [0.4, 0.5) is 5.13 Å². The summed E-state index contributed by atoms with van der Waals surface area (Å²) >= 11 is 1.59. The molecule has 0 bridgehead atoms. The van der Waals surface area contributed by atoms with Gasteiger partial charge in [-0.15, -0.1) is 5.10 Å². The highest BCUT2D eigenvalue weighted by molar-refractivity contribution is 7.20. The molecule has 0 N–H and O–H groups in total. The summed E-state index contributed by atoms with van der Waals surface area (Å²) in [5, 5.41) is 5.73. The van der Waals surface area contributed by atoms with Crippen molar-refractivity contribution in [3.63, 3.8) is 0 Å². The molecule has 8 heteroatoms. The van der Waals surface area contributed by atoms with Gasteiger partial charge in [0.05, 0.1) is 24.9 Å². The van der Waals surface area contributed by atoms with Crippen molar-refractivity contribution in [3.05, 3.63) is 30.5 Å². The fraction of sp³-hybridized carbons (Fsp3) is 0.500. The number of piperidine rings is 2. The number of imidazole rings is 1. The average Bonchev–Trinajstić information content (AvgIpc) is 3.39. The Morgan fingerprint density at radius 2 is 1.90 bits per heavy atom. The molecule has 0 saturated carbocycles. The van der Waals surface area contributed by atoms with Crippen LogP contribution in [0.5, 0.6) is 5.75 Å². The summed E-state index contributed by atoms with van der Waals surface area (Å²) in [5.41, 5.74) is 1.94. The zero-order valence-electron chi connectivity index (χ0n) is 17.3. The maximum atomic E-state index is 13.0. The molecule has 0 radical (unpaired) electrons. The molecule has 2 aliphatic rings. The third-order valence-corrected chi connectivity index (χ3v) is 7.11. The number of ether oxygens (including phenoxy) is 1. The number of methoxy groups -OCH3 is 1. The molecular weight excluding hydrogens is 398 g/mol. The van der Waals surface area contributed by atoms with E-state index in [2.05, 4.69) is 9.80 Å². The lowest BCUT2D eigenvalue weighted by molar-refractivity contribution is -0.136. The predicted octanol–water partition coefficient (Wildman–Crippen LogP) is 3.70. The van der Waals surface area contributed by atoms with Gasteiger partial charge in [0.25, 0.3) is 0 Å². The van der Waals surface area contributed by atoms with E-state index in [4.69, 9.17) is 14.8 Å². The van der Waals surface area contributed by atoms with E-state index in [9.17, 15) is 4.79 Å². The number of amides is 1. The van der Waals surface area contributed by atoms with Crippen molar-refractivity contribution in [2.75, 3.05) is 38.2 Å².